The van der Waals surface area contributed by atoms with E-state index in [1.807, 2.05) is 0 Å². The van der Waals surface area contributed by atoms with Crippen molar-refractivity contribution in [1.82, 2.24) is 0 Å². The lowest BCUT2D eigenvalue weighted by molar-refractivity contribution is 0.0920. The van der Waals surface area contributed by atoms with Gasteiger partial charge >= 0.3 is 0 Å². The van der Waals surface area contributed by atoms with Gasteiger partial charge in [0, 0.05) is 17.7 Å². The molecule has 0 N–H and O–H groups in total. The highest BCUT2D eigenvalue weighted by molar-refractivity contribution is 7.92. The minimum absolute atomic E-state index is 0.0325. The van der Waals surface area contributed by atoms with Gasteiger partial charge in [-0.15, -0.1) is 0 Å². The lowest BCUT2D eigenvalue weighted by Gasteiger charge is -2.18. The fourth-order valence-corrected chi connectivity index (χ4v) is 4.17. The molecular formula is C20H21NO5S. The lowest BCUT2D eigenvalue weighted by atomic mass is 10.1. The molecule has 0 fully saturated rings. The van der Waals surface area contributed by atoms with Crippen LogP contribution < -0.4 is 9.04 Å². The number of Topliss-reactive ketones (excluding diaryl/α,β-unsaturated/α-hetero) is 2. The summed E-state index contributed by atoms with van der Waals surface area (Å²) in [6, 6.07) is 11.7. The molecule has 0 radical (unpaired) electrons. The van der Waals surface area contributed by atoms with Gasteiger partial charge in [0.25, 0.3) is 0 Å². The van der Waals surface area contributed by atoms with Crippen LogP contribution in [0.3, 0.4) is 0 Å². The summed E-state index contributed by atoms with van der Waals surface area (Å²) in [5.41, 5.74) is 2.57. The molecule has 0 unspecified atom stereocenters. The molecule has 27 heavy (non-hydrogen) atoms. The number of sulfonamides is 1. The Kier molecular flexibility index (Phi) is 5.32. The van der Waals surface area contributed by atoms with Crippen LogP contribution in [-0.2, 0) is 16.4 Å². The number of nitrogens with zero attached hydrogens (tertiary/aromatic N) is 1. The molecule has 0 saturated carbocycles. The number of anilines is 1. The van der Waals surface area contributed by atoms with Crippen LogP contribution in [0.15, 0.2) is 42.5 Å². The maximum Gasteiger partial charge on any atom is 0.234 e. The number of benzene rings is 2. The Morgan fingerprint density at radius 3 is 2.37 bits per heavy atom. The minimum Gasteiger partial charge on any atom is -0.485 e. The van der Waals surface area contributed by atoms with Gasteiger partial charge in [-0.25, -0.2) is 8.42 Å². The molecule has 6 nitrogen and oxygen atoms in total. The summed E-state index contributed by atoms with van der Waals surface area (Å²) in [6.45, 7) is 3.38. The summed E-state index contributed by atoms with van der Waals surface area (Å²) in [7, 11) is -3.30. The zero-order valence-corrected chi connectivity index (χ0v) is 16.1. The zero-order valence-electron chi connectivity index (χ0n) is 15.3. The third-order valence-corrected chi connectivity index (χ3v) is 6.37. The normalized spacial score (nSPS) is 13.3. The van der Waals surface area contributed by atoms with E-state index >= 15 is 0 Å². The Hall–Kier alpha value is -2.67. The molecule has 0 bridgehead atoms. The Bertz CT molecular complexity index is 980. The molecule has 0 atom stereocenters. The third kappa shape index (κ3) is 4.03. The molecule has 0 spiro atoms. The van der Waals surface area contributed by atoms with Crippen LogP contribution in [0, 0.1) is 0 Å². The van der Waals surface area contributed by atoms with E-state index in [-0.39, 0.29) is 23.9 Å². The zero-order chi connectivity index (χ0) is 19.6. The van der Waals surface area contributed by atoms with Gasteiger partial charge in [0.2, 0.25) is 10.0 Å². The van der Waals surface area contributed by atoms with E-state index < -0.39 is 10.0 Å². The topological polar surface area (TPSA) is 80.8 Å². The SMILES string of the molecule is CCS(=O)(=O)N1CCc2cc(C(=O)COc3ccc(C(C)=O)cc3)ccc21. The van der Waals surface area contributed by atoms with E-state index in [9.17, 15) is 18.0 Å². The van der Waals surface area contributed by atoms with Gasteiger partial charge < -0.3 is 4.74 Å². The molecule has 1 aliphatic heterocycles. The number of ether oxygens (including phenoxy) is 1. The van der Waals surface area contributed by atoms with Crippen LogP contribution in [0.2, 0.25) is 0 Å². The monoisotopic (exact) mass is 387 g/mol. The van der Waals surface area contributed by atoms with Crippen LogP contribution in [-0.4, -0.2) is 38.9 Å². The first-order valence-electron chi connectivity index (χ1n) is 8.72. The molecule has 3 rings (SSSR count). The summed E-state index contributed by atoms with van der Waals surface area (Å²) >= 11 is 0. The van der Waals surface area contributed by atoms with Gasteiger partial charge in [-0.3, -0.25) is 13.9 Å². The predicted octanol–water partition coefficient (Wildman–Crippen LogP) is 2.86. The van der Waals surface area contributed by atoms with Crippen molar-refractivity contribution in [1.29, 1.82) is 0 Å². The van der Waals surface area contributed by atoms with Gasteiger partial charge in [-0.1, -0.05) is 0 Å². The summed E-state index contributed by atoms with van der Waals surface area (Å²) < 4.78 is 31.2. The van der Waals surface area contributed by atoms with Crippen molar-refractivity contribution in [3.63, 3.8) is 0 Å². The highest BCUT2D eigenvalue weighted by Gasteiger charge is 2.28. The lowest BCUT2D eigenvalue weighted by Crippen LogP contribution is -2.30. The Balaban J connectivity index is 1.69. The molecule has 0 saturated heterocycles. The van der Waals surface area contributed by atoms with Crippen molar-refractivity contribution in [3.05, 3.63) is 59.2 Å². The predicted molar refractivity (Wildman–Crippen MR) is 103 cm³/mol. The number of carbonyl (C=O) groups excluding carboxylic acids is 2. The van der Waals surface area contributed by atoms with Crippen LogP contribution in [0.25, 0.3) is 0 Å². The van der Waals surface area contributed by atoms with Gasteiger partial charge in [-0.2, -0.15) is 0 Å². The Morgan fingerprint density at radius 1 is 1.07 bits per heavy atom. The molecule has 1 heterocycles. The van der Waals surface area contributed by atoms with Gasteiger partial charge in [0.15, 0.2) is 18.2 Å². The molecule has 142 valence electrons. The van der Waals surface area contributed by atoms with E-state index in [1.165, 1.54) is 11.2 Å². The first-order chi connectivity index (χ1) is 12.8. The number of carbonyl (C=O) groups is 2. The fourth-order valence-electron chi connectivity index (χ4n) is 3.01. The van der Waals surface area contributed by atoms with Crippen molar-refractivity contribution in [2.24, 2.45) is 0 Å². The van der Waals surface area contributed by atoms with E-state index in [1.54, 1.807) is 49.4 Å². The van der Waals surface area contributed by atoms with Crippen molar-refractivity contribution in [3.8, 4) is 5.75 Å². The standard InChI is InChI=1S/C20H21NO5S/c1-3-27(24,25)21-11-10-16-12-17(6-9-19(16)21)20(23)13-26-18-7-4-15(5-8-18)14(2)22/h4-9,12H,3,10-11,13H2,1-2H3. The smallest absolute Gasteiger partial charge is 0.234 e. The Labute approximate surface area is 158 Å². The second-order valence-electron chi connectivity index (χ2n) is 6.36. The van der Waals surface area contributed by atoms with Crippen LogP contribution in [0.5, 0.6) is 5.75 Å². The maximum absolute atomic E-state index is 12.4. The van der Waals surface area contributed by atoms with Crippen molar-refractivity contribution >= 4 is 27.3 Å². The largest absolute Gasteiger partial charge is 0.485 e. The van der Waals surface area contributed by atoms with Gasteiger partial charge in [0.1, 0.15) is 5.75 Å². The summed E-state index contributed by atoms with van der Waals surface area (Å²) in [5.74, 6) is 0.332. The number of hydrogen-bond donors (Lipinski definition) is 0. The van der Waals surface area contributed by atoms with Crippen LogP contribution >= 0.6 is 0 Å². The molecule has 7 heteroatoms. The highest BCUT2D eigenvalue weighted by atomic mass is 32.2. The van der Waals surface area contributed by atoms with E-state index in [4.69, 9.17) is 4.74 Å². The van der Waals surface area contributed by atoms with Crippen molar-refractivity contribution in [2.45, 2.75) is 20.3 Å². The van der Waals surface area contributed by atoms with Crippen molar-refractivity contribution < 1.29 is 22.7 Å². The number of rotatable bonds is 7. The summed E-state index contributed by atoms with van der Waals surface area (Å²) in [4.78, 5) is 23.7. The molecule has 2 aromatic carbocycles. The van der Waals surface area contributed by atoms with Gasteiger partial charge in [0.05, 0.1) is 11.4 Å². The average Bonchev–Trinajstić information content (AvgIpc) is 3.10. The molecule has 2 aromatic rings. The minimum atomic E-state index is -3.30. The molecule has 1 aliphatic rings. The van der Waals surface area contributed by atoms with Crippen molar-refractivity contribution in [2.75, 3.05) is 23.2 Å². The maximum atomic E-state index is 12.4. The first kappa shape index (κ1) is 19.1. The molecule has 0 amide bonds. The second kappa shape index (κ2) is 7.52. The van der Waals surface area contributed by atoms with Crippen LogP contribution in [0.1, 0.15) is 40.1 Å². The summed E-state index contributed by atoms with van der Waals surface area (Å²) in [6.07, 6.45) is 0.586. The third-order valence-electron chi connectivity index (χ3n) is 4.59. The highest BCUT2D eigenvalue weighted by Crippen LogP contribution is 2.31. The van der Waals surface area contributed by atoms with E-state index in [2.05, 4.69) is 0 Å². The average molecular weight is 387 g/mol. The van der Waals surface area contributed by atoms with Gasteiger partial charge in [-0.05, 0) is 68.3 Å². The quantitative estimate of drug-likeness (QED) is 0.683. The van der Waals surface area contributed by atoms with Crippen LogP contribution in [0.4, 0.5) is 5.69 Å². The fraction of sp³-hybridized carbons (Fsp3) is 0.300. The van der Waals surface area contributed by atoms with E-state index in [0.717, 1.165) is 5.56 Å². The number of hydrogen-bond acceptors (Lipinski definition) is 5. The molecule has 0 aliphatic carbocycles. The second-order valence-corrected chi connectivity index (χ2v) is 8.54. The Morgan fingerprint density at radius 2 is 1.74 bits per heavy atom. The summed E-state index contributed by atoms with van der Waals surface area (Å²) in [5, 5.41) is 0. The van der Waals surface area contributed by atoms with E-state index in [0.29, 0.717) is 35.5 Å². The number of fused-ring (bicyclic) bond motifs is 1. The number of ketones is 2. The molecular weight excluding hydrogens is 366 g/mol. The first-order valence-corrected chi connectivity index (χ1v) is 10.3. The molecule has 0 aromatic heterocycles.